The van der Waals surface area contributed by atoms with Gasteiger partial charge in [0.05, 0.1) is 6.54 Å². The molecule has 112 valence electrons. The Labute approximate surface area is 124 Å². The van der Waals surface area contributed by atoms with Crippen LogP contribution in [0.2, 0.25) is 0 Å². The summed E-state index contributed by atoms with van der Waals surface area (Å²) in [6.45, 7) is 5.64. The van der Waals surface area contributed by atoms with Gasteiger partial charge in [-0.15, -0.1) is 10.2 Å². The van der Waals surface area contributed by atoms with Crippen molar-refractivity contribution in [1.29, 1.82) is 0 Å². The molecule has 21 heavy (non-hydrogen) atoms. The Morgan fingerprint density at radius 1 is 1.29 bits per heavy atom. The van der Waals surface area contributed by atoms with E-state index in [0.717, 1.165) is 43.0 Å². The minimum atomic E-state index is -0.220. The third-order valence-corrected chi connectivity index (χ3v) is 4.18. The fourth-order valence-corrected chi connectivity index (χ4v) is 2.83. The topological polar surface area (TPSA) is 42.7 Å². The molecule has 5 heteroatoms. The molecule has 1 fully saturated rings. The second-order valence-electron chi connectivity index (χ2n) is 5.73. The zero-order valence-corrected chi connectivity index (χ0v) is 12.6. The van der Waals surface area contributed by atoms with Crippen LogP contribution in [0, 0.1) is 12.7 Å². The Morgan fingerprint density at radius 3 is 2.71 bits per heavy atom. The average Bonchev–Trinajstić information content (AvgIpc) is 3.19. The molecule has 0 saturated heterocycles. The third kappa shape index (κ3) is 2.70. The molecule has 0 amide bonds. The van der Waals surface area contributed by atoms with Gasteiger partial charge in [-0.25, -0.2) is 4.39 Å². The summed E-state index contributed by atoms with van der Waals surface area (Å²) in [4.78, 5) is 0. The third-order valence-electron chi connectivity index (χ3n) is 4.18. The van der Waals surface area contributed by atoms with Crippen LogP contribution in [0.5, 0.6) is 0 Å². The molecule has 1 aromatic heterocycles. The predicted octanol–water partition coefficient (Wildman–Crippen LogP) is 2.91. The van der Waals surface area contributed by atoms with Gasteiger partial charge in [0.25, 0.3) is 0 Å². The lowest BCUT2D eigenvalue weighted by Crippen LogP contribution is -2.30. The molecule has 0 radical (unpaired) electrons. The van der Waals surface area contributed by atoms with Crippen molar-refractivity contribution in [3.05, 3.63) is 47.3 Å². The summed E-state index contributed by atoms with van der Waals surface area (Å²) >= 11 is 0. The SMILES string of the molecule is CCCn1c(C)nnc1CNC1(c2ccccc2F)CC1. The average molecular weight is 288 g/mol. The summed E-state index contributed by atoms with van der Waals surface area (Å²) in [5.74, 6) is 1.73. The summed E-state index contributed by atoms with van der Waals surface area (Å²) in [6, 6.07) is 7.03. The van der Waals surface area contributed by atoms with E-state index < -0.39 is 0 Å². The standard InChI is InChI=1S/C16H21FN4/c1-3-10-21-12(2)19-20-15(21)11-18-16(8-9-16)13-6-4-5-7-14(13)17/h4-7,18H,3,8-11H2,1-2H3. The van der Waals surface area contributed by atoms with Crippen LogP contribution in [0.15, 0.2) is 24.3 Å². The molecule has 0 bridgehead atoms. The van der Waals surface area contributed by atoms with E-state index in [0.29, 0.717) is 6.54 Å². The fourth-order valence-electron chi connectivity index (χ4n) is 2.83. The number of nitrogens with one attached hydrogen (secondary N) is 1. The minimum Gasteiger partial charge on any atom is -0.314 e. The van der Waals surface area contributed by atoms with E-state index in [-0.39, 0.29) is 11.4 Å². The van der Waals surface area contributed by atoms with Gasteiger partial charge < -0.3 is 9.88 Å². The van der Waals surface area contributed by atoms with E-state index in [2.05, 4.69) is 27.0 Å². The van der Waals surface area contributed by atoms with Gasteiger partial charge in [-0.05, 0) is 32.3 Å². The van der Waals surface area contributed by atoms with Gasteiger partial charge in [0.1, 0.15) is 17.5 Å². The van der Waals surface area contributed by atoms with E-state index in [9.17, 15) is 4.39 Å². The summed E-state index contributed by atoms with van der Waals surface area (Å²) in [5, 5.41) is 11.9. The van der Waals surface area contributed by atoms with Crippen LogP contribution in [0.25, 0.3) is 0 Å². The first kappa shape index (κ1) is 14.2. The predicted molar refractivity (Wildman–Crippen MR) is 79.2 cm³/mol. The molecule has 3 rings (SSSR count). The normalized spacial score (nSPS) is 16.1. The Balaban J connectivity index is 1.75. The maximum atomic E-state index is 14.0. The Kier molecular flexibility index (Phi) is 3.76. The number of aromatic nitrogens is 3. The molecule has 0 aliphatic heterocycles. The minimum absolute atomic E-state index is 0.131. The summed E-state index contributed by atoms with van der Waals surface area (Å²) in [7, 11) is 0. The number of aryl methyl sites for hydroxylation is 1. The molecular formula is C16H21FN4. The van der Waals surface area contributed by atoms with Crippen molar-refractivity contribution in [3.63, 3.8) is 0 Å². The van der Waals surface area contributed by atoms with Crippen LogP contribution >= 0.6 is 0 Å². The second kappa shape index (κ2) is 5.56. The van der Waals surface area contributed by atoms with Crippen molar-refractivity contribution in [3.8, 4) is 0 Å². The number of hydrogen-bond acceptors (Lipinski definition) is 3. The van der Waals surface area contributed by atoms with Crippen molar-refractivity contribution in [2.75, 3.05) is 0 Å². The molecule has 1 heterocycles. The number of halogens is 1. The van der Waals surface area contributed by atoms with Crippen molar-refractivity contribution in [2.24, 2.45) is 0 Å². The zero-order chi connectivity index (χ0) is 14.9. The second-order valence-corrected chi connectivity index (χ2v) is 5.73. The summed E-state index contributed by atoms with van der Waals surface area (Å²) in [6.07, 6.45) is 2.98. The highest BCUT2D eigenvalue weighted by molar-refractivity contribution is 5.31. The zero-order valence-electron chi connectivity index (χ0n) is 12.6. The highest BCUT2D eigenvalue weighted by Gasteiger charge is 2.45. The molecule has 4 nitrogen and oxygen atoms in total. The van der Waals surface area contributed by atoms with Crippen LogP contribution in [-0.2, 0) is 18.6 Å². The molecule has 0 unspecified atom stereocenters. The smallest absolute Gasteiger partial charge is 0.147 e. The highest BCUT2D eigenvalue weighted by Crippen LogP contribution is 2.46. The van der Waals surface area contributed by atoms with Gasteiger partial charge in [0.15, 0.2) is 0 Å². The quantitative estimate of drug-likeness (QED) is 0.888. The van der Waals surface area contributed by atoms with Crippen LogP contribution < -0.4 is 5.32 Å². The van der Waals surface area contributed by atoms with E-state index >= 15 is 0 Å². The number of rotatable bonds is 6. The summed E-state index contributed by atoms with van der Waals surface area (Å²) in [5.41, 5.74) is 0.547. The van der Waals surface area contributed by atoms with E-state index in [1.807, 2.05) is 19.1 Å². The van der Waals surface area contributed by atoms with Crippen LogP contribution in [-0.4, -0.2) is 14.8 Å². The molecular weight excluding hydrogens is 267 g/mol. The number of benzene rings is 1. The van der Waals surface area contributed by atoms with Gasteiger partial charge in [-0.2, -0.15) is 0 Å². The van der Waals surface area contributed by atoms with Gasteiger partial charge in [0, 0.05) is 17.6 Å². The molecule has 1 aliphatic carbocycles. The first-order valence-corrected chi connectivity index (χ1v) is 7.55. The molecule has 1 aromatic carbocycles. The van der Waals surface area contributed by atoms with E-state index in [4.69, 9.17) is 0 Å². The Hall–Kier alpha value is -1.75. The monoisotopic (exact) mass is 288 g/mol. The lowest BCUT2D eigenvalue weighted by Gasteiger charge is -2.18. The molecule has 0 spiro atoms. The fraction of sp³-hybridized carbons (Fsp3) is 0.500. The van der Waals surface area contributed by atoms with E-state index in [1.54, 1.807) is 6.07 Å². The van der Waals surface area contributed by atoms with Crippen LogP contribution in [0.3, 0.4) is 0 Å². The van der Waals surface area contributed by atoms with E-state index in [1.165, 1.54) is 6.07 Å². The lowest BCUT2D eigenvalue weighted by molar-refractivity contribution is 0.465. The largest absolute Gasteiger partial charge is 0.314 e. The maximum absolute atomic E-state index is 14.0. The van der Waals surface area contributed by atoms with Crippen molar-refractivity contribution < 1.29 is 4.39 Å². The molecule has 0 atom stereocenters. The molecule has 1 N–H and O–H groups in total. The number of nitrogens with zero attached hydrogens (tertiary/aromatic N) is 3. The van der Waals surface area contributed by atoms with Crippen LogP contribution in [0.1, 0.15) is 43.4 Å². The Bertz CT molecular complexity index is 631. The Morgan fingerprint density at radius 2 is 2.05 bits per heavy atom. The molecule has 1 aliphatic rings. The van der Waals surface area contributed by atoms with Crippen molar-refractivity contribution in [2.45, 2.75) is 51.7 Å². The van der Waals surface area contributed by atoms with Crippen molar-refractivity contribution >= 4 is 0 Å². The van der Waals surface area contributed by atoms with Gasteiger partial charge in [-0.3, -0.25) is 0 Å². The molecule has 1 saturated carbocycles. The van der Waals surface area contributed by atoms with Crippen LogP contribution in [0.4, 0.5) is 4.39 Å². The lowest BCUT2D eigenvalue weighted by atomic mass is 10.0. The number of hydrogen-bond donors (Lipinski definition) is 1. The highest BCUT2D eigenvalue weighted by atomic mass is 19.1. The van der Waals surface area contributed by atoms with Gasteiger partial charge >= 0.3 is 0 Å². The molecule has 2 aromatic rings. The first-order chi connectivity index (χ1) is 10.2. The first-order valence-electron chi connectivity index (χ1n) is 7.55. The van der Waals surface area contributed by atoms with Crippen molar-refractivity contribution in [1.82, 2.24) is 20.1 Å². The van der Waals surface area contributed by atoms with Gasteiger partial charge in [-0.1, -0.05) is 25.1 Å². The maximum Gasteiger partial charge on any atom is 0.147 e. The van der Waals surface area contributed by atoms with Gasteiger partial charge in [0.2, 0.25) is 0 Å². The summed E-state index contributed by atoms with van der Waals surface area (Å²) < 4.78 is 16.1.